The van der Waals surface area contributed by atoms with E-state index in [4.69, 9.17) is 0 Å². The zero-order chi connectivity index (χ0) is 35.2. The largest absolute Gasteiger partial charge is 0.368 e. The first kappa shape index (κ1) is 32.4. The Hall–Kier alpha value is -5.80. The van der Waals surface area contributed by atoms with Gasteiger partial charge in [-0.1, -0.05) is 132 Å². The Morgan fingerprint density at radius 3 is 2.12 bits per heavy atom. The van der Waals surface area contributed by atoms with Crippen LogP contribution in [0.2, 0.25) is 0 Å². The van der Waals surface area contributed by atoms with Crippen molar-refractivity contribution in [2.75, 3.05) is 9.80 Å². The van der Waals surface area contributed by atoms with E-state index >= 15 is 0 Å². The van der Waals surface area contributed by atoms with Gasteiger partial charge in [-0.25, -0.2) is 0 Å². The highest BCUT2D eigenvalue weighted by Gasteiger charge is 2.39. The van der Waals surface area contributed by atoms with Crippen LogP contribution in [0.5, 0.6) is 0 Å². The first-order valence-electron chi connectivity index (χ1n) is 18.0. The van der Waals surface area contributed by atoms with Crippen LogP contribution in [0.1, 0.15) is 51.3 Å². The van der Waals surface area contributed by atoms with Crippen LogP contribution in [0.25, 0.3) is 28.0 Å². The number of hydrogen-bond acceptors (Lipinski definition) is 3. The molecule has 0 fully saturated rings. The van der Waals surface area contributed by atoms with E-state index in [9.17, 15) is 0 Å². The Balaban J connectivity index is 1.12. The fraction of sp³-hybridized carbons (Fsp3) is 0.167. The van der Waals surface area contributed by atoms with E-state index in [1.54, 1.807) is 0 Å². The van der Waals surface area contributed by atoms with Crippen LogP contribution in [0.15, 0.2) is 170 Å². The molecule has 2 heterocycles. The standard InChI is InChI=1S/C48H45N3/c1-47(2,3)39-27-29-49-46(33-39)51-44-18-12-11-17-42(44)48(4,5)43-32-38(24-26-45(43)51)36-21-19-34(20-22-36)28-30-50(40-15-7-6-8-16-40)41-25-23-35-13-9-10-14-37(35)31-41/h6-33,46,49H,1-5H3/b30-28+. The van der Waals surface area contributed by atoms with Crippen molar-refractivity contribution < 1.29 is 0 Å². The number of dihydropyridines is 1. The van der Waals surface area contributed by atoms with Crippen molar-refractivity contribution in [2.24, 2.45) is 5.41 Å². The summed E-state index contributed by atoms with van der Waals surface area (Å²) in [5.41, 5.74) is 12.2. The molecule has 0 radical (unpaired) electrons. The Labute approximate surface area is 302 Å². The van der Waals surface area contributed by atoms with E-state index in [-0.39, 0.29) is 17.0 Å². The monoisotopic (exact) mass is 663 g/mol. The van der Waals surface area contributed by atoms with Crippen LogP contribution in [-0.4, -0.2) is 6.17 Å². The summed E-state index contributed by atoms with van der Waals surface area (Å²) in [7, 11) is 0. The predicted molar refractivity (Wildman–Crippen MR) is 218 cm³/mol. The molecule has 0 aliphatic carbocycles. The molecule has 0 saturated heterocycles. The third-order valence-electron chi connectivity index (χ3n) is 10.5. The van der Waals surface area contributed by atoms with Gasteiger partial charge in [0, 0.05) is 34.4 Å². The normalized spacial score (nSPS) is 16.4. The van der Waals surface area contributed by atoms with Gasteiger partial charge in [-0.2, -0.15) is 0 Å². The van der Waals surface area contributed by atoms with Crippen molar-refractivity contribution in [3.05, 3.63) is 186 Å². The van der Waals surface area contributed by atoms with Crippen molar-refractivity contribution in [1.29, 1.82) is 0 Å². The maximum Gasteiger partial charge on any atom is 0.123 e. The van der Waals surface area contributed by atoms with Gasteiger partial charge in [0.2, 0.25) is 0 Å². The number of fused-ring (bicyclic) bond motifs is 3. The molecule has 1 N–H and O–H groups in total. The fourth-order valence-corrected chi connectivity index (χ4v) is 7.56. The lowest BCUT2D eigenvalue weighted by molar-refractivity contribution is 0.502. The van der Waals surface area contributed by atoms with Crippen molar-refractivity contribution in [3.8, 4) is 11.1 Å². The molecule has 6 aromatic rings. The Bertz CT molecular complexity index is 2300. The highest BCUT2D eigenvalue weighted by Crippen LogP contribution is 2.51. The lowest BCUT2D eigenvalue weighted by atomic mass is 9.72. The van der Waals surface area contributed by atoms with Gasteiger partial charge in [0.1, 0.15) is 6.17 Å². The number of nitrogens with zero attached hydrogens (tertiary/aromatic N) is 2. The van der Waals surface area contributed by atoms with Gasteiger partial charge in [-0.05, 0) is 116 Å². The molecule has 3 nitrogen and oxygen atoms in total. The minimum atomic E-state index is -0.161. The summed E-state index contributed by atoms with van der Waals surface area (Å²) in [4.78, 5) is 4.74. The topological polar surface area (TPSA) is 18.5 Å². The summed E-state index contributed by atoms with van der Waals surface area (Å²) < 4.78 is 0. The van der Waals surface area contributed by atoms with Gasteiger partial charge in [0.25, 0.3) is 0 Å². The molecule has 1 atom stereocenters. The second-order valence-corrected chi connectivity index (χ2v) is 15.2. The molecule has 51 heavy (non-hydrogen) atoms. The first-order chi connectivity index (χ1) is 24.7. The predicted octanol–water partition coefficient (Wildman–Crippen LogP) is 12.5. The van der Waals surface area contributed by atoms with Crippen molar-refractivity contribution >= 4 is 39.6 Å². The summed E-state index contributed by atoms with van der Waals surface area (Å²) in [6.07, 6.45) is 11.1. The third-order valence-corrected chi connectivity index (χ3v) is 10.5. The van der Waals surface area contributed by atoms with Gasteiger partial charge in [-0.15, -0.1) is 0 Å². The van der Waals surface area contributed by atoms with Gasteiger partial charge in [-0.3, -0.25) is 0 Å². The minimum Gasteiger partial charge on any atom is -0.368 e. The molecule has 0 bridgehead atoms. The molecule has 1 unspecified atom stereocenters. The fourth-order valence-electron chi connectivity index (χ4n) is 7.56. The molecule has 0 aromatic heterocycles. The van der Waals surface area contributed by atoms with Crippen molar-refractivity contribution in [3.63, 3.8) is 0 Å². The van der Waals surface area contributed by atoms with Gasteiger partial charge in [0.15, 0.2) is 0 Å². The maximum atomic E-state index is 3.66. The second-order valence-electron chi connectivity index (χ2n) is 15.2. The van der Waals surface area contributed by atoms with E-state index in [1.165, 1.54) is 50.0 Å². The second kappa shape index (κ2) is 12.8. The SMILES string of the molecule is CC(C)(C)C1=CC(N2c3ccccc3C(C)(C)c3cc(-c4ccc(/C=C/N(c5ccccc5)c5ccc6ccccc6c5)cc4)ccc32)NC=C1. The van der Waals surface area contributed by atoms with E-state index in [0.717, 1.165) is 16.9 Å². The quantitative estimate of drug-likeness (QED) is 0.191. The van der Waals surface area contributed by atoms with Crippen LogP contribution in [0, 0.1) is 5.41 Å². The van der Waals surface area contributed by atoms with E-state index < -0.39 is 0 Å². The van der Waals surface area contributed by atoms with Crippen LogP contribution < -0.4 is 15.1 Å². The minimum absolute atomic E-state index is 0.0159. The molecule has 0 saturated carbocycles. The van der Waals surface area contributed by atoms with Gasteiger partial charge < -0.3 is 15.1 Å². The molecule has 6 aromatic carbocycles. The molecular formula is C48H45N3. The molecular weight excluding hydrogens is 619 g/mol. The van der Waals surface area contributed by atoms with Crippen molar-refractivity contribution in [1.82, 2.24) is 5.32 Å². The van der Waals surface area contributed by atoms with E-state index in [2.05, 4.69) is 220 Å². The number of benzene rings is 6. The van der Waals surface area contributed by atoms with Crippen LogP contribution in [0.3, 0.4) is 0 Å². The molecule has 2 aliphatic rings. The summed E-state index contributed by atoms with van der Waals surface area (Å²) in [5.74, 6) is 0. The summed E-state index contributed by atoms with van der Waals surface area (Å²) in [5, 5.41) is 6.13. The molecule has 252 valence electrons. The summed E-state index contributed by atoms with van der Waals surface area (Å²) in [6.45, 7) is 11.6. The molecule has 8 rings (SSSR count). The summed E-state index contributed by atoms with van der Waals surface area (Å²) in [6, 6.07) is 50.6. The number of nitrogens with one attached hydrogen (secondary N) is 1. The molecule has 0 amide bonds. The highest BCUT2D eigenvalue weighted by molar-refractivity contribution is 5.88. The zero-order valence-electron chi connectivity index (χ0n) is 30.1. The maximum absolute atomic E-state index is 3.66. The Morgan fingerprint density at radius 1 is 0.647 bits per heavy atom. The Kier molecular flexibility index (Phi) is 8.15. The van der Waals surface area contributed by atoms with Crippen molar-refractivity contribution in [2.45, 2.75) is 46.2 Å². The van der Waals surface area contributed by atoms with Gasteiger partial charge >= 0.3 is 0 Å². The molecule has 3 heteroatoms. The van der Waals surface area contributed by atoms with Crippen LogP contribution in [0.4, 0.5) is 22.7 Å². The molecule has 0 spiro atoms. The zero-order valence-corrected chi connectivity index (χ0v) is 30.1. The average Bonchev–Trinajstić information content (AvgIpc) is 3.15. The third kappa shape index (κ3) is 6.14. The molecule has 2 aliphatic heterocycles. The lowest BCUT2D eigenvalue weighted by Gasteiger charge is -2.45. The van der Waals surface area contributed by atoms with Gasteiger partial charge in [0.05, 0.1) is 0 Å². The Morgan fingerprint density at radius 2 is 1.33 bits per heavy atom. The number of allylic oxidation sites excluding steroid dienone is 2. The number of para-hydroxylation sites is 2. The van der Waals surface area contributed by atoms with E-state index in [0.29, 0.717) is 0 Å². The highest BCUT2D eigenvalue weighted by atomic mass is 15.3. The number of hydrogen-bond donors (Lipinski definition) is 1. The smallest absolute Gasteiger partial charge is 0.123 e. The number of anilines is 4. The van der Waals surface area contributed by atoms with Crippen LogP contribution in [-0.2, 0) is 5.41 Å². The summed E-state index contributed by atoms with van der Waals surface area (Å²) >= 11 is 0. The average molecular weight is 664 g/mol. The number of rotatable bonds is 6. The lowest BCUT2D eigenvalue weighted by Crippen LogP contribution is -2.45. The van der Waals surface area contributed by atoms with Crippen LogP contribution >= 0.6 is 0 Å². The first-order valence-corrected chi connectivity index (χ1v) is 18.0. The van der Waals surface area contributed by atoms with E-state index in [1.807, 2.05) is 0 Å².